The highest BCUT2D eigenvalue weighted by molar-refractivity contribution is 7.98. The first kappa shape index (κ1) is 20.2. The fraction of sp³-hybridized carbons (Fsp3) is 0.182. The molecule has 0 saturated heterocycles. The fourth-order valence-corrected chi connectivity index (χ4v) is 5.99. The first-order valence-electron chi connectivity index (χ1n) is 9.58. The molecular formula is C22H18N4O2S3. The number of thiophene rings is 2. The molecule has 0 radical (unpaired) electrons. The fourth-order valence-electron chi connectivity index (χ4n) is 3.44. The number of thioether (sulfide) groups is 1. The van der Waals surface area contributed by atoms with Crippen molar-refractivity contribution in [3.05, 3.63) is 67.9 Å². The van der Waals surface area contributed by atoms with Crippen LogP contribution in [0.25, 0.3) is 32.1 Å². The van der Waals surface area contributed by atoms with Crippen molar-refractivity contribution in [2.45, 2.75) is 31.7 Å². The minimum Gasteiger partial charge on any atom is -0.411 e. The zero-order chi connectivity index (χ0) is 21.5. The Hall–Kier alpha value is -2.75. The van der Waals surface area contributed by atoms with Crippen LogP contribution >= 0.6 is 34.4 Å². The van der Waals surface area contributed by atoms with E-state index in [1.807, 2.05) is 37.4 Å². The number of rotatable bonds is 5. The van der Waals surface area contributed by atoms with Crippen molar-refractivity contribution in [2.75, 3.05) is 0 Å². The van der Waals surface area contributed by atoms with Crippen LogP contribution in [0.4, 0.5) is 0 Å². The van der Waals surface area contributed by atoms with Gasteiger partial charge in [0.15, 0.2) is 0 Å². The van der Waals surface area contributed by atoms with Gasteiger partial charge in [-0.25, -0.2) is 4.98 Å². The normalized spacial score (nSPS) is 11.5. The minimum atomic E-state index is -0.121. The maximum absolute atomic E-state index is 12.8. The van der Waals surface area contributed by atoms with Gasteiger partial charge < -0.3 is 9.40 Å². The van der Waals surface area contributed by atoms with Crippen molar-refractivity contribution in [1.82, 2.24) is 20.2 Å². The van der Waals surface area contributed by atoms with Crippen molar-refractivity contribution < 1.29 is 4.42 Å². The van der Waals surface area contributed by atoms with Crippen molar-refractivity contribution in [3.63, 3.8) is 0 Å². The molecule has 0 bridgehead atoms. The summed E-state index contributed by atoms with van der Waals surface area (Å²) in [4.78, 5) is 23.4. The van der Waals surface area contributed by atoms with Crippen LogP contribution in [0.5, 0.6) is 0 Å². The molecule has 0 aliphatic rings. The Balaban J connectivity index is 1.37. The summed E-state index contributed by atoms with van der Waals surface area (Å²) in [5.41, 5.74) is 4.01. The van der Waals surface area contributed by atoms with E-state index in [2.05, 4.69) is 39.2 Å². The van der Waals surface area contributed by atoms with Gasteiger partial charge in [-0.15, -0.1) is 32.9 Å². The average Bonchev–Trinajstić information content (AvgIpc) is 3.45. The Kier molecular flexibility index (Phi) is 5.25. The summed E-state index contributed by atoms with van der Waals surface area (Å²) in [5, 5.41) is 11.4. The third-order valence-corrected chi connectivity index (χ3v) is 7.44. The van der Waals surface area contributed by atoms with E-state index in [0.29, 0.717) is 28.1 Å². The Labute approximate surface area is 190 Å². The lowest BCUT2D eigenvalue weighted by molar-refractivity contribution is 0.465. The van der Waals surface area contributed by atoms with Crippen LogP contribution in [0.15, 0.2) is 50.1 Å². The lowest BCUT2D eigenvalue weighted by Gasteiger charge is -2.01. The predicted octanol–water partition coefficient (Wildman–Crippen LogP) is 5.98. The van der Waals surface area contributed by atoms with Gasteiger partial charge in [-0.3, -0.25) is 4.79 Å². The van der Waals surface area contributed by atoms with Gasteiger partial charge in [0.2, 0.25) is 5.89 Å². The molecule has 31 heavy (non-hydrogen) atoms. The van der Waals surface area contributed by atoms with E-state index >= 15 is 0 Å². The number of benzene rings is 1. The summed E-state index contributed by atoms with van der Waals surface area (Å²) in [6.45, 7) is 6.14. The molecule has 0 aliphatic carbocycles. The largest absolute Gasteiger partial charge is 0.411 e. The molecule has 1 aromatic carbocycles. The molecular weight excluding hydrogens is 448 g/mol. The molecule has 6 nitrogen and oxygen atoms in total. The maximum atomic E-state index is 12.8. The molecule has 0 aliphatic heterocycles. The highest BCUT2D eigenvalue weighted by Crippen LogP contribution is 2.35. The molecule has 1 N–H and O–H groups in total. The van der Waals surface area contributed by atoms with E-state index in [9.17, 15) is 4.79 Å². The molecule has 5 rings (SSSR count). The molecule has 0 unspecified atom stereocenters. The number of fused-ring (bicyclic) bond motifs is 1. The Morgan fingerprint density at radius 3 is 2.65 bits per heavy atom. The van der Waals surface area contributed by atoms with Crippen molar-refractivity contribution in [1.29, 1.82) is 0 Å². The van der Waals surface area contributed by atoms with Gasteiger partial charge in [0.05, 0.1) is 11.1 Å². The summed E-state index contributed by atoms with van der Waals surface area (Å²) in [6, 6.07) is 10.3. The second kappa shape index (κ2) is 8.07. The van der Waals surface area contributed by atoms with Gasteiger partial charge in [0.1, 0.15) is 10.7 Å². The van der Waals surface area contributed by atoms with Crippen LogP contribution in [0.3, 0.4) is 0 Å². The van der Waals surface area contributed by atoms with E-state index in [4.69, 9.17) is 4.42 Å². The first-order valence-corrected chi connectivity index (χ1v) is 12.3. The summed E-state index contributed by atoms with van der Waals surface area (Å²) in [6.07, 6.45) is 0. The molecule has 0 spiro atoms. The highest BCUT2D eigenvalue weighted by Gasteiger charge is 2.15. The van der Waals surface area contributed by atoms with Crippen LogP contribution in [0, 0.1) is 20.8 Å². The van der Waals surface area contributed by atoms with E-state index in [0.717, 1.165) is 32.0 Å². The zero-order valence-corrected chi connectivity index (χ0v) is 19.5. The molecule has 0 atom stereocenters. The second-order valence-corrected chi connectivity index (χ2v) is 10.4. The molecule has 9 heteroatoms. The van der Waals surface area contributed by atoms with E-state index in [-0.39, 0.29) is 5.56 Å². The third kappa shape index (κ3) is 4.08. The standard InChI is InChI=1S/C22H18N4O2S3/c1-11-6-12(2)8-14(7-11)20-25-26-22(28-20)30-10-17-23-19(27)18-15(9-29-21(18)24-17)16-5-4-13(3)31-16/h4-9H,10H2,1-3H3,(H,23,24,27). The number of nitrogens with one attached hydrogen (secondary N) is 1. The SMILES string of the molecule is Cc1cc(C)cc(-c2nnc(SCc3nc4scc(-c5ccc(C)s5)c4c(=O)[nH]3)o2)c1. The van der Waals surface area contributed by atoms with Gasteiger partial charge in [-0.2, -0.15) is 0 Å². The predicted molar refractivity (Wildman–Crippen MR) is 127 cm³/mol. The zero-order valence-electron chi connectivity index (χ0n) is 17.1. The average molecular weight is 467 g/mol. The summed E-state index contributed by atoms with van der Waals surface area (Å²) < 4.78 is 5.81. The van der Waals surface area contributed by atoms with Crippen molar-refractivity contribution >= 4 is 44.7 Å². The molecule has 4 heterocycles. The Morgan fingerprint density at radius 1 is 1.10 bits per heavy atom. The quantitative estimate of drug-likeness (QED) is 0.321. The van der Waals surface area contributed by atoms with E-state index in [1.165, 1.54) is 28.0 Å². The summed E-state index contributed by atoms with van der Waals surface area (Å²) >= 11 is 4.52. The summed E-state index contributed by atoms with van der Waals surface area (Å²) in [5.74, 6) is 1.51. The van der Waals surface area contributed by atoms with E-state index < -0.39 is 0 Å². The maximum Gasteiger partial charge on any atom is 0.277 e. The van der Waals surface area contributed by atoms with Crippen molar-refractivity contribution in [3.8, 4) is 21.9 Å². The Morgan fingerprint density at radius 2 is 1.90 bits per heavy atom. The second-order valence-electron chi connectivity index (χ2n) is 7.29. The van der Waals surface area contributed by atoms with Gasteiger partial charge in [-0.05, 0) is 45.0 Å². The number of hydrogen-bond acceptors (Lipinski definition) is 8. The van der Waals surface area contributed by atoms with Crippen LogP contribution in [0.1, 0.15) is 21.8 Å². The number of hydrogen-bond donors (Lipinski definition) is 1. The van der Waals surface area contributed by atoms with E-state index in [1.54, 1.807) is 11.3 Å². The summed E-state index contributed by atoms with van der Waals surface area (Å²) in [7, 11) is 0. The molecule has 0 amide bonds. The van der Waals surface area contributed by atoms with Gasteiger partial charge in [0.25, 0.3) is 10.8 Å². The van der Waals surface area contributed by atoms with Gasteiger partial charge >= 0.3 is 0 Å². The molecule has 4 aromatic heterocycles. The van der Waals surface area contributed by atoms with Gasteiger partial charge in [-0.1, -0.05) is 29.0 Å². The number of aromatic amines is 1. The molecule has 156 valence electrons. The Bertz CT molecular complexity index is 1440. The smallest absolute Gasteiger partial charge is 0.277 e. The monoisotopic (exact) mass is 466 g/mol. The molecule has 0 saturated carbocycles. The van der Waals surface area contributed by atoms with Crippen molar-refractivity contribution in [2.24, 2.45) is 0 Å². The number of nitrogens with zero attached hydrogens (tertiary/aromatic N) is 3. The third-order valence-electron chi connectivity index (χ3n) is 4.71. The molecule has 5 aromatic rings. The lowest BCUT2D eigenvalue weighted by atomic mass is 10.1. The highest BCUT2D eigenvalue weighted by atomic mass is 32.2. The van der Waals surface area contributed by atoms with Crippen LogP contribution in [0.2, 0.25) is 0 Å². The number of H-pyrrole nitrogens is 1. The number of aromatic nitrogens is 4. The minimum absolute atomic E-state index is 0.121. The molecule has 0 fully saturated rings. The van der Waals surface area contributed by atoms with Gasteiger partial charge in [0, 0.05) is 26.3 Å². The topological polar surface area (TPSA) is 84.7 Å². The van der Waals surface area contributed by atoms with Crippen LogP contribution in [-0.4, -0.2) is 20.2 Å². The van der Waals surface area contributed by atoms with Crippen LogP contribution < -0.4 is 5.56 Å². The van der Waals surface area contributed by atoms with Crippen LogP contribution in [-0.2, 0) is 5.75 Å². The first-order chi connectivity index (χ1) is 15.0. The number of aryl methyl sites for hydroxylation is 3. The lowest BCUT2D eigenvalue weighted by Crippen LogP contribution is -2.10.